The van der Waals surface area contributed by atoms with E-state index in [0.717, 1.165) is 12.2 Å². The number of benzene rings is 2. The molecule has 4 nitrogen and oxygen atoms in total. The molecule has 0 saturated heterocycles. The Bertz CT molecular complexity index is 791. The topological polar surface area (TPSA) is 58.6 Å². The molecule has 0 fully saturated rings. The van der Waals surface area contributed by atoms with Crippen LogP contribution < -0.4 is 10.1 Å². The lowest BCUT2D eigenvalue weighted by Gasteiger charge is -2.22. The molecular weight excluding hydrogens is 326 g/mol. The van der Waals surface area contributed by atoms with Gasteiger partial charge in [0.1, 0.15) is 5.75 Å². The van der Waals surface area contributed by atoms with Crippen molar-refractivity contribution in [2.75, 3.05) is 5.32 Å². The van der Waals surface area contributed by atoms with Crippen molar-refractivity contribution in [2.45, 2.75) is 60.6 Å². The second kappa shape index (κ2) is 7.40. The number of anilines is 1. The number of carboxylic acid groups (broad SMARTS) is 1. The zero-order chi connectivity index (χ0) is 19.6. The number of carboxylic acids is 1. The lowest BCUT2D eigenvalue weighted by Crippen LogP contribution is -2.37. The van der Waals surface area contributed by atoms with Crippen LogP contribution >= 0.6 is 0 Å². The van der Waals surface area contributed by atoms with Gasteiger partial charge in [-0.25, -0.2) is 4.79 Å². The lowest BCUT2D eigenvalue weighted by atomic mass is 9.89. The molecule has 0 aliphatic carbocycles. The molecule has 0 bridgehead atoms. The van der Waals surface area contributed by atoms with Crippen LogP contribution in [0.5, 0.6) is 5.75 Å². The van der Waals surface area contributed by atoms with E-state index in [-0.39, 0.29) is 0 Å². The van der Waals surface area contributed by atoms with Gasteiger partial charge < -0.3 is 15.2 Å². The van der Waals surface area contributed by atoms with Gasteiger partial charge >= 0.3 is 5.97 Å². The standard InChI is InChI=1S/C22H29NO3/c1-13-14(2)16(4)20(17(5)15(13)3)12-23-18-8-10-19(11-9-18)26-22(6,7)21(24)25/h8-11,23H,12H2,1-7H3,(H,24,25). The number of carbonyl (C=O) groups is 1. The Morgan fingerprint density at radius 3 is 1.85 bits per heavy atom. The van der Waals surface area contributed by atoms with Crippen LogP contribution in [0.4, 0.5) is 5.69 Å². The minimum atomic E-state index is -1.25. The molecule has 4 heteroatoms. The summed E-state index contributed by atoms with van der Waals surface area (Å²) in [5.41, 5.74) is 7.79. The van der Waals surface area contributed by atoms with Crippen molar-refractivity contribution < 1.29 is 14.6 Å². The van der Waals surface area contributed by atoms with Crippen LogP contribution in [-0.2, 0) is 11.3 Å². The van der Waals surface area contributed by atoms with Crippen molar-refractivity contribution >= 4 is 11.7 Å². The summed E-state index contributed by atoms with van der Waals surface area (Å²) in [7, 11) is 0. The summed E-state index contributed by atoms with van der Waals surface area (Å²) in [6.07, 6.45) is 0. The number of rotatable bonds is 6. The summed E-state index contributed by atoms with van der Waals surface area (Å²) in [6, 6.07) is 7.40. The zero-order valence-corrected chi connectivity index (χ0v) is 16.8. The molecule has 0 amide bonds. The van der Waals surface area contributed by atoms with Gasteiger partial charge in [0.15, 0.2) is 5.60 Å². The van der Waals surface area contributed by atoms with Gasteiger partial charge in [-0.1, -0.05) is 0 Å². The smallest absolute Gasteiger partial charge is 0.347 e. The Kier molecular flexibility index (Phi) is 5.65. The molecule has 0 aliphatic heterocycles. The van der Waals surface area contributed by atoms with Crippen LogP contribution in [-0.4, -0.2) is 16.7 Å². The van der Waals surface area contributed by atoms with Gasteiger partial charge in [-0.15, -0.1) is 0 Å². The minimum absolute atomic E-state index is 0.539. The number of ether oxygens (including phenoxy) is 1. The fourth-order valence-corrected chi connectivity index (χ4v) is 3.01. The molecule has 2 aromatic carbocycles. The average Bonchev–Trinajstić information content (AvgIpc) is 2.59. The van der Waals surface area contributed by atoms with Crippen LogP contribution in [0.15, 0.2) is 24.3 Å². The van der Waals surface area contributed by atoms with Crippen molar-refractivity contribution in [3.63, 3.8) is 0 Å². The number of hydrogen-bond donors (Lipinski definition) is 2. The highest BCUT2D eigenvalue weighted by molar-refractivity contribution is 5.76. The quantitative estimate of drug-likeness (QED) is 0.758. The number of nitrogens with one attached hydrogen (secondary N) is 1. The van der Waals surface area contributed by atoms with Crippen molar-refractivity contribution in [3.8, 4) is 5.75 Å². The fourth-order valence-electron chi connectivity index (χ4n) is 3.01. The Hall–Kier alpha value is -2.49. The molecule has 140 valence electrons. The van der Waals surface area contributed by atoms with E-state index in [0.29, 0.717) is 5.75 Å². The number of aliphatic carboxylic acids is 1. The first kappa shape index (κ1) is 19.8. The van der Waals surface area contributed by atoms with E-state index in [2.05, 4.69) is 39.9 Å². The molecule has 0 spiro atoms. The SMILES string of the molecule is Cc1c(C)c(C)c(CNc2ccc(OC(C)(C)C(=O)O)cc2)c(C)c1C. The van der Waals surface area contributed by atoms with E-state index < -0.39 is 11.6 Å². The van der Waals surface area contributed by atoms with E-state index in [9.17, 15) is 4.79 Å². The average molecular weight is 355 g/mol. The van der Waals surface area contributed by atoms with Gasteiger partial charge in [-0.2, -0.15) is 0 Å². The molecule has 0 aromatic heterocycles. The lowest BCUT2D eigenvalue weighted by molar-refractivity contribution is -0.152. The first-order valence-corrected chi connectivity index (χ1v) is 8.86. The van der Waals surface area contributed by atoms with E-state index >= 15 is 0 Å². The zero-order valence-electron chi connectivity index (χ0n) is 16.8. The Balaban J connectivity index is 2.13. The molecule has 0 unspecified atom stereocenters. The molecule has 0 radical (unpaired) electrons. The van der Waals surface area contributed by atoms with E-state index in [1.54, 1.807) is 12.1 Å². The highest BCUT2D eigenvalue weighted by atomic mass is 16.5. The summed E-state index contributed by atoms with van der Waals surface area (Å²) >= 11 is 0. The molecule has 2 rings (SSSR count). The van der Waals surface area contributed by atoms with E-state index in [4.69, 9.17) is 9.84 Å². The minimum Gasteiger partial charge on any atom is -0.478 e. The molecular formula is C22H29NO3. The van der Waals surface area contributed by atoms with Crippen LogP contribution in [0.3, 0.4) is 0 Å². The van der Waals surface area contributed by atoms with Gasteiger partial charge in [-0.05, 0) is 106 Å². The summed E-state index contributed by atoms with van der Waals surface area (Å²) in [5.74, 6) is -0.451. The third-order valence-electron chi connectivity index (χ3n) is 5.37. The highest BCUT2D eigenvalue weighted by Crippen LogP contribution is 2.27. The molecule has 0 heterocycles. The van der Waals surface area contributed by atoms with Crippen LogP contribution in [0, 0.1) is 34.6 Å². The van der Waals surface area contributed by atoms with Crippen molar-refractivity contribution in [1.82, 2.24) is 0 Å². The largest absolute Gasteiger partial charge is 0.478 e. The second-order valence-electron chi connectivity index (χ2n) is 7.40. The van der Waals surface area contributed by atoms with Gasteiger partial charge in [0.25, 0.3) is 0 Å². The van der Waals surface area contributed by atoms with Crippen LogP contribution in [0.1, 0.15) is 47.2 Å². The predicted molar refractivity (Wildman–Crippen MR) is 106 cm³/mol. The van der Waals surface area contributed by atoms with Crippen LogP contribution in [0.25, 0.3) is 0 Å². The third kappa shape index (κ3) is 4.01. The maximum absolute atomic E-state index is 11.2. The maximum Gasteiger partial charge on any atom is 0.347 e. The van der Waals surface area contributed by atoms with E-state index in [1.807, 2.05) is 12.1 Å². The highest BCUT2D eigenvalue weighted by Gasteiger charge is 2.29. The first-order valence-electron chi connectivity index (χ1n) is 8.86. The Morgan fingerprint density at radius 1 is 0.923 bits per heavy atom. The molecule has 2 aromatic rings. The van der Waals surface area contributed by atoms with Crippen molar-refractivity contribution in [2.24, 2.45) is 0 Å². The van der Waals surface area contributed by atoms with Gasteiger partial charge in [0.2, 0.25) is 0 Å². The van der Waals surface area contributed by atoms with Gasteiger partial charge in [-0.3, -0.25) is 0 Å². The second-order valence-corrected chi connectivity index (χ2v) is 7.40. The monoisotopic (exact) mass is 355 g/mol. The predicted octanol–water partition coefficient (Wildman–Crippen LogP) is 5.08. The Labute approximate surface area is 156 Å². The summed E-state index contributed by atoms with van der Waals surface area (Å²) in [4.78, 5) is 11.2. The molecule has 0 saturated carbocycles. The third-order valence-corrected chi connectivity index (χ3v) is 5.37. The summed E-state index contributed by atoms with van der Waals surface area (Å²) in [6.45, 7) is 14.7. The first-order chi connectivity index (χ1) is 12.0. The summed E-state index contributed by atoms with van der Waals surface area (Å²) < 4.78 is 5.54. The number of hydrogen-bond acceptors (Lipinski definition) is 3. The molecule has 2 N–H and O–H groups in total. The Morgan fingerprint density at radius 2 is 1.38 bits per heavy atom. The van der Waals surface area contributed by atoms with Gasteiger partial charge in [0, 0.05) is 12.2 Å². The van der Waals surface area contributed by atoms with Crippen molar-refractivity contribution in [3.05, 3.63) is 57.6 Å². The normalized spacial score (nSPS) is 11.3. The molecule has 0 atom stereocenters. The van der Waals surface area contributed by atoms with Crippen LogP contribution in [0.2, 0.25) is 0 Å². The molecule has 26 heavy (non-hydrogen) atoms. The van der Waals surface area contributed by atoms with E-state index in [1.165, 1.54) is 47.2 Å². The van der Waals surface area contributed by atoms with Gasteiger partial charge in [0.05, 0.1) is 0 Å². The fraction of sp³-hybridized carbons (Fsp3) is 0.409. The molecule has 0 aliphatic rings. The van der Waals surface area contributed by atoms with Crippen molar-refractivity contribution in [1.29, 1.82) is 0 Å². The maximum atomic E-state index is 11.2. The summed E-state index contributed by atoms with van der Waals surface area (Å²) in [5, 5.41) is 12.6.